The van der Waals surface area contributed by atoms with Crippen molar-refractivity contribution in [2.75, 3.05) is 32.7 Å². The van der Waals surface area contributed by atoms with Gasteiger partial charge in [0.2, 0.25) is 0 Å². The Morgan fingerprint density at radius 3 is 2.36 bits per heavy atom. The van der Waals surface area contributed by atoms with Gasteiger partial charge in [-0.3, -0.25) is 14.7 Å². The van der Waals surface area contributed by atoms with E-state index in [1.165, 1.54) is 42.2 Å². The van der Waals surface area contributed by atoms with Gasteiger partial charge >= 0.3 is 0 Å². The lowest BCUT2D eigenvalue weighted by atomic mass is 10.1. The van der Waals surface area contributed by atoms with Gasteiger partial charge in [0.05, 0.1) is 6.17 Å². The van der Waals surface area contributed by atoms with Crippen LogP contribution in [0.25, 0.3) is 0 Å². The summed E-state index contributed by atoms with van der Waals surface area (Å²) in [5.41, 5.74) is 5.34. The van der Waals surface area contributed by atoms with Crippen LogP contribution in [0.5, 0.6) is 0 Å². The first-order chi connectivity index (χ1) is 10.7. The van der Waals surface area contributed by atoms with Gasteiger partial charge in [0, 0.05) is 44.1 Å². The molecule has 2 atom stereocenters. The SMILES string of the molecule is C=C1CN2CCN3CCN4C(C32)N1C(=C)C41c2ccccc21. The summed E-state index contributed by atoms with van der Waals surface area (Å²) in [6.45, 7) is 14.6. The number of fused-ring (bicyclic) bond motifs is 4. The summed E-state index contributed by atoms with van der Waals surface area (Å²) in [7, 11) is 0. The van der Waals surface area contributed by atoms with Crippen LogP contribution in [0.15, 0.2) is 48.8 Å². The molecule has 1 aromatic carbocycles. The molecule has 4 heterocycles. The van der Waals surface area contributed by atoms with Gasteiger partial charge in [0.15, 0.2) is 0 Å². The largest absolute Gasteiger partial charge is 0.327 e. The van der Waals surface area contributed by atoms with Crippen molar-refractivity contribution < 1.29 is 0 Å². The van der Waals surface area contributed by atoms with Crippen LogP contribution >= 0.6 is 0 Å². The molecule has 4 fully saturated rings. The van der Waals surface area contributed by atoms with Gasteiger partial charge in [-0.15, -0.1) is 0 Å². The Hall–Kier alpha value is -1.62. The third kappa shape index (κ3) is 1.03. The molecular formula is C18H20N4. The standard InChI is InChI=1S/C18H20N4/c1-12-11-20-8-7-19-9-10-21-17(16(19)20)22(12)13(2)18(21)14-5-3-4-6-15(14)18/h3-6,16-17H,1-2,7-11H2. The van der Waals surface area contributed by atoms with Crippen LogP contribution in [-0.4, -0.2) is 64.7 Å². The molecule has 1 aromatic rings. The summed E-state index contributed by atoms with van der Waals surface area (Å²) >= 11 is 0. The Balaban J connectivity index is 1.55. The average molecular weight is 292 g/mol. The second-order valence-electron chi connectivity index (χ2n) is 7.17. The van der Waals surface area contributed by atoms with Crippen molar-refractivity contribution in [3.63, 3.8) is 0 Å². The fraction of sp³-hybridized carbons (Fsp3) is 0.444. The molecule has 4 saturated heterocycles. The van der Waals surface area contributed by atoms with Crippen molar-refractivity contribution in [1.82, 2.24) is 19.6 Å². The lowest BCUT2D eigenvalue weighted by Crippen LogP contribution is -2.66. The van der Waals surface area contributed by atoms with E-state index in [0.29, 0.717) is 12.3 Å². The molecular weight excluding hydrogens is 272 g/mol. The number of hydrogen-bond acceptors (Lipinski definition) is 4. The molecule has 4 nitrogen and oxygen atoms in total. The fourth-order valence-corrected chi connectivity index (χ4v) is 5.56. The van der Waals surface area contributed by atoms with Crippen molar-refractivity contribution in [2.45, 2.75) is 17.9 Å². The third-order valence-electron chi connectivity index (χ3n) is 6.41. The molecule has 6 rings (SSSR count). The van der Waals surface area contributed by atoms with Gasteiger partial charge in [-0.1, -0.05) is 37.4 Å². The van der Waals surface area contributed by atoms with E-state index in [1.54, 1.807) is 0 Å². The van der Waals surface area contributed by atoms with Crippen molar-refractivity contribution in [3.05, 3.63) is 59.9 Å². The summed E-state index contributed by atoms with van der Waals surface area (Å²) < 4.78 is 0. The highest BCUT2D eigenvalue weighted by Crippen LogP contribution is 2.64. The number of nitrogens with zero attached hydrogens (tertiary/aromatic N) is 4. The normalized spacial score (nSPS) is 35.2. The summed E-state index contributed by atoms with van der Waals surface area (Å²) in [6, 6.07) is 8.87. The van der Waals surface area contributed by atoms with Gasteiger partial charge in [-0.25, -0.2) is 0 Å². The molecule has 0 bridgehead atoms. The molecule has 0 aromatic heterocycles. The minimum absolute atomic E-state index is 0.0260. The van der Waals surface area contributed by atoms with Gasteiger partial charge in [-0.2, -0.15) is 0 Å². The van der Waals surface area contributed by atoms with Crippen LogP contribution < -0.4 is 0 Å². The first-order valence-corrected chi connectivity index (χ1v) is 8.26. The lowest BCUT2D eigenvalue weighted by Gasteiger charge is -2.51. The monoisotopic (exact) mass is 292 g/mol. The van der Waals surface area contributed by atoms with Crippen LogP contribution in [0.2, 0.25) is 0 Å². The third-order valence-corrected chi connectivity index (χ3v) is 6.41. The Morgan fingerprint density at radius 2 is 1.59 bits per heavy atom. The van der Waals surface area contributed by atoms with Crippen LogP contribution in [0.1, 0.15) is 11.1 Å². The lowest BCUT2D eigenvalue weighted by molar-refractivity contribution is -0.0668. The van der Waals surface area contributed by atoms with Crippen molar-refractivity contribution in [2.24, 2.45) is 0 Å². The molecule has 2 unspecified atom stereocenters. The van der Waals surface area contributed by atoms with E-state index in [9.17, 15) is 0 Å². The van der Waals surface area contributed by atoms with Crippen LogP contribution in [0.4, 0.5) is 0 Å². The zero-order valence-electron chi connectivity index (χ0n) is 12.7. The summed E-state index contributed by atoms with van der Waals surface area (Å²) in [4.78, 5) is 10.4. The van der Waals surface area contributed by atoms with Crippen molar-refractivity contribution in [1.29, 1.82) is 0 Å². The molecule has 0 amide bonds. The second kappa shape index (κ2) is 3.48. The summed E-state index contributed by atoms with van der Waals surface area (Å²) in [5.74, 6) is 0. The van der Waals surface area contributed by atoms with Crippen molar-refractivity contribution in [3.8, 4) is 0 Å². The van der Waals surface area contributed by atoms with Crippen LogP contribution in [-0.2, 0) is 5.54 Å². The molecule has 0 radical (unpaired) electrons. The van der Waals surface area contributed by atoms with Gasteiger partial charge in [0.1, 0.15) is 11.7 Å². The molecule has 112 valence electrons. The molecule has 4 aliphatic heterocycles. The average Bonchev–Trinajstić information content (AvgIpc) is 2.90. The molecule has 5 aliphatic rings. The topological polar surface area (TPSA) is 13.0 Å². The summed E-state index contributed by atoms with van der Waals surface area (Å²) in [5, 5.41) is 0. The van der Waals surface area contributed by atoms with Crippen molar-refractivity contribution >= 4 is 0 Å². The van der Waals surface area contributed by atoms with Crippen LogP contribution in [0, 0.1) is 0 Å². The first kappa shape index (κ1) is 11.9. The highest BCUT2D eigenvalue weighted by molar-refractivity contribution is 5.67. The van der Waals surface area contributed by atoms with E-state index < -0.39 is 0 Å². The molecule has 0 N–H and O–H groups in total. The van der Waals surface area contributed by atoms with Gasteiger partial charge < -0.3 is 4.90 Å². The minimum atomic E-state index is -0.0260. The van der Waals surface area contributed by atoms with Gasteiger partial charge in [-0.05, 0) is 11.1 Å². The fourth-order valence-electron chi connectivity index (χ4n) is 5.56. The molecule has 4 heteroatoms. The van der Waals surface area contributed by atoms with E-state index in [-0.39, 0.29) is 5.54 Å². The highest BCUT2D eigenvalue weighted by atomic mass is 15.6. The molecule has 22 heavy (non-hydrogen) atoms. The zero-order valence-corrected chi connectivity index (χ0v) is 12.7. The highest BCUT2D eigenvalue weighted by Gasteiger charge is 2.69. The van der Waals surface area contributed by atoms with Gasteiger partial charge in [0.25, 0.3) is 0 Å². The maximum absolute atomic E-state index is 4.54. The minimum Gasteiger partial charge on any atom is -0.327 e. The maximum atomic E-state index is 4.54. The predicted molar refractivity (Wildman–Crippen MR) is 84.8 cm³/mol. The number of hydrogen-bond donors (Lipinski definition) is 0. The quantitative estimate of drug-likeness (QED) is 0.712. The molecule has 1 spiro atoms. The Bertz CT molecular complexity index is 715. The van der Waals surface area contributed by atoms with E-state index >= 15 is 0 Å². The van der Waals surface area contributed by atoms with E-state index in [1.807, 2.05) is 0 Å². The molecule has 1 aliphatic carbocycles. The van der Waals surface area contributed by atoms with E-state index in [2.05, 4.69) is 57.0 Å². The van der Waals surface area contributed by atoms with Crippen LogP contribution in [0.3, 0.4) is 0 Å². The summed E-state index contributed by atoms with van der Waals surface area (Å²) in [6.07, 6.45) is 0.893. The zero-order chi connectivity index (χ0) is 14.6. The van der Waals surface area contributed by atoms with E-state index in [0.717, 1.165) is 13.1 Å². The number of piperazine rings is 2. The number of rotatable bonds is 0. The maximum Gasteiger partial charge on any atom is 0.117 e. The Morgan fingerprint density at radius 1 is 0.909 bits per heavy atom. The Labute approximate surface area is 130 Å². The first-order valence-electron chi connectivity index (χ1n) is 8.26. The van der Waals surface area contributed by atoms with E-state index in [4.69, 9.17) is 0 Å². The number of benzene rings is 1. The second-order valence-corrected chi connectivity index (χ2v) is 7.17. The molecule has 0 saturated carbocycles. The Kier molecular flexibility index (Phi) is 1.88. The smallest absolute Gasteiger partial charge is 0.117 e. The predicted octanol–water partition coefficient (Wildman–Crippen LogP) is 1.19.